The van der Waals surface area contributed by atoms with Crippen molar-refractivity contribution in [2.45, 2.75) is 6.54 Å². The number of methoxy groups -OCH3 is 1. The minimum absolute atomic E-state index is 0.144. The van der Waals surface area contributed by atoms with Gasteiger partial charge in [0.2, 0.25) is 5.91 Å². The maximum absolute atomic E-state index is 12.2. The van der Waals surface area contributed by atoms with Gasteiger partial charge in [-0.05, 0) is 25.3 Å². The number of nitrogens with one attached hydrogen (secondary N) is 1. The number of rotatable bonds is 6. The molecule has 27 heavy (non-hydrogen) atoms. The summed E-state index contributed by atoms with van der Waals surface area (Å²) in [5.74, 6) is 1.56. The van der Waals surface area contributed by atoms with E-state index in [1.54, 1.807) is 19.4 Å². The average molecular weight is 366 g/mol. The molecule has 0 radical (unpaired) electrons. The highest BCUT2D eigenvalue weighted by Crippen LogP contribution is 2.20. The molecule has 1 aromatic heterocycles. The number of aromatic nitrogens is 1. The second-order valence-corrected chi connectivity index (χ2v) is 6.57. The highest BCUT2D eigenvalue weighted by Gasteiger charge is 2.17. The van der Waals surface area contributed by atoms with Gasteiger partial charge in [0.15, 0.2) is 0 Å². The molecule has 1 aliphatic heterocycles. The summed E-state index contributed by atoms with van der Waals surface area (Å²) in [6.45, 7) is 4.38. The summed E-state index contributed by atoms with van der Waals surface area (Å²) in [4.78, 5) is 21.4. The van der Waals surface area contributed by atoms with E-state index in [4.69, 9.17) is 4.74 Å². The van der Waals surface area contributed by atoms with Gasteiger partial charge in [0, 0.05) is 56.1 Å². The summed E-state index contributed by atoms with van der Waals surface area (Å²) in [5.41, 5.74) is 1.90. The fraction of sp³-hybridized carbons (Fsp3) is 0.333. The Bertz CT molecular complexity index is 798. The zero-order chi connectivity index (χ0) is 19.1. The van der Waals surface area contributed by atoms with Gasteiger partial charge in [-0.25, -0.2) is 4.98 Å². The van der Waals surface area contributed by atoms with Crippen LogP contribution in [0.25, 0.3) is 6.08 Å². The van der Waals surface area contributed by atoms with Crippen LogP contribution < -0.4 is 15.0 Å². The van der Waals surface area contributed by atoms with Crippen molar-refractivity contribution in [1.29, 1.82) is 0 Å². The van der Waals surface area contributed by atoms with Gasteiger partial charge in [0.25, 0.3) is 0 Å². The summed E-state index contributed by atoms with van der Waals surface area (Å²) in [6, 6.07) is 11.5. The van der Waals surface area contributed by atoms with E-state index in [0.717, 1.165) is 48.9 Å². The number of ether oxygens (including phenoxy) is 1. The first-order chi connectivity index (χ1) is 13.2. The molecular weight excluding hydrogens is 340 g/mol. The van der Waals surface area contributed by atoms with Gasteiger partial charge in [-0.2, -0.15) is 0 Å². The Kier molecular flexibility index (Phi) is 6.44. The molecule has 0 saturated carbocycles. The molecule has 6 nitrogen and oxygen atoms in total. The molecule has 0 unspecified atom stereocenters. The number of pyridine rings is 1. The lowest BCUT2D eigenvalue weighted by Crippen LogP contribution is -2.45. The number of likely N-dealkylation sites (N-methyl/N-ethyl adjacent to an activating group) is 1. The average Bonchev–Trinajstić information content (AvgIpc) is 2.71. The van der Waals surface area contributed by atoms with Crippen LogP contribution in [0, 0.1) is 0 Å². The fourth-order valence-electron chi connectivity index (χ4n) is 3.08. The molecule has 1 aromatic carbocycles. The molecule has 0 atom stereocenters. The standard InChI is InChI=1S/C21H26N4O2/c1-24-12-14-25(15-13-24)21-18(7-5-11-22-21)16-23-20(26)10-9-17-6-3-4-8-19(17)27-2/h3-11H,12-16H2,1-2H3,(H,23,26)/b10-9+. The van der Waals surface area contributed by atoms with Gasteiger partial charge in [0.05, 0.1) is 7.11 Å². The number of nitrogens with zero attached hydrogens (tertiary/aromatic N) is 3. The molecule has 142 valence electrons. The Morgan fingerprint density at radius 3 is 2.74 bits per heavy atom. The van der Waals surface area contributed by atoms with Crippen LogP contribution in [-0.4, -0.2) is 56.1 Å². The van der Waals surface area contributed by atoms with Crippen molar-refractivity contribution >= 4 is 17.8 Å². The second-order valence-electron chi connectivity index (χ2n) is 6.57. The molecule has 0 spiro atoms. The van der Waals surface area contributed by atoms with Crippen molar-refractivity contribution in [3.8, 4) is 5.75 Å². The number of hydrogen-bond acceptors (Lipinski definition) is 5. The summed E-state index contributed by atoms with van der Waals surface area (Å²) in [7, 11) is 3.75. The van der Waals surface area contributed by atoms with Crippen molar-refractivity contribution in [3.05, 3.63) is 59.8 Å². The van der Waals surface area contributed by atoms with Gasteiger partial charge in [-0.3, -0.25) is 4.79 Å². The summed E-state index contributed by atoms with van der Waals surface area (Å²) in [6.07, 6.45) is 5.10. The second kappa shape index (κ2) is 9.19. The number of carbonyl (C=O) groups is 1. The lowest BCUT2D eigenvalue weighted by molar-refractivity contribution is -0.116. The van der Waals surface area contributed by atoms with Crippen LogP contribution in [0.2, 0.25) is 0 Å². The first kappa shape index (κ1) is 18.9. The largest absolute Gasteiger partial charge is 0.496 e. The topological polar surface area (TPSA) is 57.7 Å². The third kappa shape index (κ3) is 5.08. The van der Waals surface area contributed by atoms with E-state index in [-0.39, 0.29) is 5.91 Å². The summed E-state index contributed by atoms with van der Waals surface area (Å²) in [5, 5.41) is 2.95. The van der Waals surface area contributed by atoms with Gasteiger partial charge in [0.1, 0.15) is 11.6 Å². The molecule has 1 fully saturated rings. The normalized spacial score (nSPS) is 15.1. The Hall–Kier alpha value is -2.86. The molecule has 1 amide bonds. The number of benzene rings is 1. The Labute approximate surface area is 160 Å². The summed E-state index contributed by atoms with van der Waals surface area (Å²) >= 11 is 0. The number of amides is 1. The fourth-order valence-corrected chi connectivity index (χ4v) is 3.08. The van der Waals surface area contributed by atoms with E-state index in [9.17, 15) is 4.79 Å². The lowest BCUT2D eigenvalue weighted by Gasteiger charge is -2.34. The first-order valence-corrected chi connectivity index (χ1v) is 9.13. The number of para-hydroxylation sites is 1. The first-order valence-electron chi connectivity index (χ1n) is 9.13. The van der Waals surface area contributed by atoms with Crippen molar-refractivity contribution < 1.29 is 9.53 Å². The molecule has 2 heterocycles. The van der Waals surface area contributed by atoms with Gasteiger partial charge in [-0.1, -0.05) is 24.3 Å². The highest BCUT2D eigenvalue weighted by atomic mass is 16.5. The minimum Gasteiger partial charge on any atom is -0.496 e. The third-order valence-corrected chi connectivity index (χ3v) is 4.68. The van der Waals surface area contributed by atoms with E-state index in [1.165, 1.54) is 6.08 Å². The van der Waals surface area contributed by atoms with Crippen molar-refractivity contribution in [2.24, 2.45) is 0 Å². The number of carbonyl (C=O) groups excluding carboxylic acids is 1. The molecule has 3 rings (SSSR count). The smallest absolute Gasteiger partial charge is 0.244 e. The molecular formula is C21H26N4O2. The van der Waals surface area contributed by atoms with Crippen LogP contribution >= 0.6 is 0 Å². The quantitative estimate of drug-likeness (QED) is 0.794. The van der Waals surface area contributed by atoms with Crippen LogP contribution in [0.1, 0.15) is 11.1 Å². The van der Waals surface area contributed by atoms with E-state index >= 15 is 0 Å². The molecule has 0 bridgehead atoms. The zero-order valence-electron chi connectivity index (χ0n) is 15.9. The van der Waals surface area contributed by atoms with Crippen LogP contribution in [0.3, 0.4) is 0 Å². The predicted octanol–water partition coefficient (Wildman–Crippen LogP) is 2.17. The highest BCUT2D eigenvalue weighted by molar-refractivity contribution is 5.92. The molecule has 1 saturated heterocycles. The van der Waals surface area contributed by atoms with Gasteiger partial charge >= 0.3 is 0 Å². The molecule has 2 aromatic rings. The molecule has 0 aliphatic carbocycles. The van der Waals surface area contributed by atoms with Gasteiger partial charge < -0.3 is 19.9 Å². The number of hydrogen-bond donors (Lipinski definition) is 1. The van der Waals surface area contributed by atoms with E-state index in [2.05, 4.69) is 27.1 Å². The zero-order valence-corrected chi connectivity index (χ0v) is 15.9. The van der Waals surface area contributed by atoms with Crippen LogP contribution in [0.15, 0.2) is 48.7 Å². The van der Waals surface area contributed by atoms with Crippen molar-refractivity contribution in [1.82, 2.24) is 15.2 Å². The van der Waals surface area contributed by atoms with Crippen LogP contribution in [0.4, 0.5) is 5.82 Å². The van der Waals surface area contributed by atoms with Crippen LogP contribution in [-0.2, 0) is 11.3 Å². The lowest BCUT2D eigenvalue weighted by atomic mass is 10.2. The molecule has 6 heteroatoms. The van der Waals surface area contributed by atoms with Crippen molar-refractivity contribution in [3.63, 3.8) is 0 Å². The predicted molar refractivity (Wildman–Crippen MR) is 108 cm³/mol. The number of anilines is 1. The van der Waals surface area contributed by atoms with Crippen molar-refractivity contribution in [2.75, 3.05) is 45.2 Å². The Balaban J connectivity index is 1.61. The molecule has 1 N–H and O–H groups in total. The Morgan fingerprint density at radius 2 is 1.96 bits per heavy atom. The maximum Gasteiger partial charge on any atom is 0.244 e. The summed E-state index contributed by atoms with van der Waals surface area (Å²) < 4.78 is 5.30. The van der Waals surface area contributed by atoms with E-state index < -0.39 is 0 Å². The molecule has 1 aliphatic rings. The maximum atomic E-state index is 12.2. The SMILES string of the molecule is COc1ccccc1/C=C/C(=O)NCc1cccnc1N1CCN(C)CC1. The van der Waals surface area contributed by atoms with Crippen LogP contribution in [0.5, 0.6) is 5.75 Å². The van der Waals surface area contributed by atoms with Gasteiger partial charge in [-0.15, -0.1) is 0 Å². The van der Waals surface area contributed by atoms with E-state index in [1.807, 2.05) is 36.4 Å². The van der Waals surface area contributed by atoms with E-state index in [0.29, 0.717) is 6.54 Å². The minimum atomic E-state index is -0.144. The third-order valence-electron chi connectivity index (χ3n) is 4.68. The Morgan fingerprint density at radius 1 is 1.19 bits per heavy atom. The monoisotopic (exact) mass is 366 g/mol. The number of piperazine rings is 1.